The van der Waals surface area contributed by atoms with Gasteiger partial charge in [-0.3, -0.25) is 4.79 Å². The van der Waals surface area contributed by atoms with Crippen molar-refractivity contribution in [3.05, 3.63) is 24.3 Å². The molecule has 1 aromatic rings. The number of benzene rings is 1. The summed E-state index contributed by atoms with van der Waals surface area (Å²) in [7, 11) is 0. The molecule has 0 saturated carbocycles. The Morgan fingerprint density at radius 1 is 0.882 bits per heavy atom. The van der Waals surface area contributed by atoms with Gasteiger partial charge in [-0.2, -0.15) is 8.78 Å². The molecule has 0 radical (unpaired) electrons. The van der Waals surface area contributed by atoms with Gasteiger partial charge in [0.25, 0.3) is 0 Å². The van der Waals surface area contributed by atoms with Crippen molar-refractivity contribution < 1.29 is 36.2 Å². The molecular formula is C9H5F5O3. The smallest absolute Gasteiger partial charge is 0.427 e. The topological polar surface area (TPSA) is 35.5 Å². The summed E-state index contributed by atoms with van der Waals surface area (Å²) >= 11 is 0. The number of rotatable bonds is 4. The summed E-state index contributed by atoms with van der Waals surface area (Å²) in [6.45, 7) is 0. The van der Waals surface area contributed by atoms with E-state index in [0.717, 1.165) is 24.3 Å². The van der Waals surface area contributed by atoms with Gasteiger partial charge in [0.15, 0.2) is 0 Å². The summed E-state index contributed by atoms with van der Waals surface area (Å²) in [6.07, 6.45) is -9.62. The second-order valence-electron chi connectivity index (χ2n) is 2.80. The molecule has 94 valence electrons. The van der Waals surface area contributed by atoms with Crippen molar-refractivity contribution in [3.63, 3.8) is 0 Å². The molecule has 0 saturated heterocycles. The minimum atomic E-state index is -4.87. The van der Waals surface area contributed by atoms with Gasteiger partial charge >= 0.3 is 12.5 Å². The zero-order valence-electron chi connectivity index (χ0n) is 8.00. The Hall–Kier alpha value is -1.86. The summed E-state index contributed by atoms with van der Waals surface area (Å²) in [5, 5.41) is 0. The highest BCUT2D eigenvalue weighted by Gasteiger charge is 2.32. The standard InChI is InChI=1S/C9H5F5O3/c10-8(11,5-15)16-6-1-3-7(4-2-6)17-9(12,13)14/h1-5H. The van der Waals surface area contributed by atoms with E-state index in [2.05, 4.69) is 9.47 Å². The van der Waals surface area contributed by atoms with Crippen LogP contribution in [0.5, 0.6) is 11.5 Å². The lowest BCUT2D eigenvalue weighted by Gasteiger charge is -2.12. The van der Waals surface area contributed by atoms with E-state index in [1.807, 2.05) is 0 Å². The van der Waals surface area contributed by atoms with E-state index in [4.69, 9.17) is 0 Å². The van der Waals surface area contributed by atoms with Crippen LogP contribution in [0, 0.1) is 0 Å². The molecule has 0 heterocycles. The maximum absolute atomic E-state index is 12.4. The van der Waals surface area contributed by atoms with Gasteiger partial charge in [0.1, 0.15) is 11.5 Å². The molecule has 0 spiro atoms. The summed E-state index contributed by atoms with van der Waals surface area (Å²) in [5.41, 5.74) is 0. The number of hydrogen-bond acceptors (Lipinski definition) is 3. The molecule has 1 rings (SSSR count). The van der Waals surface area contributed by atoms with Crippen LogP contribution in [0.3, 0.4) is 0 Å². The average molecular weight is 256 g/mol. The largest absolute Gasteiger partial charge is 0.573 e. The highest BCUT2D eigenvalue weighted by molar-refractivity contribution is 5.58. The molecule has 8 heteroatoms. The maximum Gasteiger partial charge on any atom is 0.573 e. The molecule has 0 amide bonds. The Balaban J connectivity index is 2.72. The van der Waals surface area contributed by atoms with Crippen molar-refractivity contribution in [2.75, 3.05) is 0 Å². The van der Waals surface area contributed by atoms with Crippen LogP contribution in [0.15, 0.2) is 24.3 Å². The molecule has 0 fully saturated rings. The number of aldehydes is 1. The van der Waals surface area contributed by atoms with Crippen molar-refractivity contribution in [1.29, 1.82) is 0 Å². The fourth-order valence-electron chi connectivity index (χ4n) is 0.891. The van der Waals surface area contributed by atoms with E-state index < -0.39 is 30.3 Å². The highest BCUT2D eigenvalue weighted by Crippen LogP contribution is 2.26. The van der Waals surface area contributed by atoms with E-state index in [-0.39, 0.29) is 0 Å². The third kappa shape index (κ3) is 4.66. The molecule has 0 aliphatic carbocycles. The number of carbonyl (C=O) groups excluding carboxylic acids is 1. The molecule has 0 atom stereocenters. The van der Waals surface area contributed by atoms with Crippen molar-refractivity contribution in [1.82, 2.24) is 0 Å². The number of ether oxygens (including phenoxy) is 2. The minimum Gasteiger partial charge on any atom is -0.427 e. The second-order valence-corrected chi connectivity index (χ2v) is 2.80. The van der Waals surface area contributed by atoms with Gasteiger partial charge in [-0.25, -0.2) is 0 Å². The van der Waals surface area contributed by atoms with Crippen LogP contribution in [-0.2, 0) is 4.79 Å². The van der Waals surface area contributed by atoms with Gasteiger partial charge in [-0.05, 0) is 24.3 Å². The fraction of sp³-hybridized carbons (Fsp3) is 0.222. The number of carbonyl (C=O) groups is 1. The van der Waals surface area contributed by atoms with Gasteiger partial charge in [-0.1, -0.05) is 0 Å². The van der Waals surface area contributed by atoms with Crippen LogP contribution in [0.4, 0.5) is 22.0 Å². The monoisotopic (exact) mass is 256 g/mol. The first kappa shape index (κ1) is 13.2. The van der Waals surface area contributed by atoms with Gasteiger partial charge in [0, 0.05) is 0 Å². The van der Waals surface area contributed by atoms with E-state index in [0.29, 0.717) is 0 Å². The highest BCUT2D eigenvalue weighted by atomic mass is 19.4. The zero-order chi connectivity index (χ0) is 13.1. The average Bonchev–Trinajstić information content (AvgIpc) is 2.19. The molecule has 0 aliphatic heterocycles. The van der Waals surface area contributed by atoms with Gasteiger partial charge in [-0.15, -0.1) is 13.2 Å². The molecule has 17 heavy (non-hydrogen) atoms. The zero-order valence-corrected chi connectivity index (χ0v) is 8.00. The first-order chi connectivity index (χ1) is 7.72. The first-order valence-corrected chi connectivity index (χ1v) is 4.11. The van der Waals surface area contributed by atoms with E-state index in [1.165, 1.54) is 0 Å². The van der Waals surface area contributed by atoms with Crippen LogP contribution in [0.25, 0.3) is 0 Å². The van der Waals surface area contributed by atoms with E-state index in [1.54, 1.807) is 0 Å². The number of hydrogen-bond donors (Lipinski definition) is 0. The van der Waals surface area contributed by atoms with Gasteiger partial charge in [0.05, 0.1) is 0 Å². The van der Waals surface area contributed by atoms with Crippen LogP contribution in [0.1, 0.15) is 0 Å². The molecule has 0 aliphatic rings. The lowest BCUT2D eigenvalue weighted by Crippen LogP contribution is -2.26. The summed E-state index contributed by atoms with van der Waals surface area (Å²) in [4.78, 5) is 9.84. The molecule has 0 aromatic heterocycles. The molecular weight excluding hydrogens is 251 g/mol. The second kappa shape index (κ2) is 4.56. The minimum absolute atomic E-state index is 0.461. The predicted octanol–water partition coefficient (Wildman–Crippen LogP) is 2.76. The summed E-state index contributed by atoms with van der Waals surface area (Å²) in [6, 6.07) is 3.20. The van der Waals surface area contributed by atoms with Crippen molar-refractivity contribution in [3.8, 4) is 11.5 Å². The maximum atomic E-state index is 12.4. The van der Waals surface area contributed by atoms with E-state index in [9.17, 15) is 26.7 Å². The lowest BCUT2D eigenvalue weighted by molar-refractivity contribution is -0.274. The Labute approximate surface area is 91.7 Å². The van der Waals surface area contributed by atoms with Crippen LogP contribution >= 0.6 is 0 Å². The molecule has 0 unspecified atom stereocenters. The van der Waals surface area contributed by atoms with E-state index >= 15 is 0 Å². The number of halogens is 5. The Morgan fingerprint density at radius 3 is 1.65 bits per heavy atom. The van der Waals surface area contributed by atoms with Crippen LogP contribution in [-0.4, -0.2) is 18.8 Å². The third-order valence-corrected chi connectivity index (χ3v) is 1.45. The number of alkyl halides is 5. The molecule has 0 N–H and O–H groups in total. The van der Waals surface area contributed by atoms with Crippen LogP contribution < -0.4 is 9.47 Å². The van der Waals surface area contributed by atoms with Crippen LogP contribution in [0.2, 0.25) is 0 Å². The SMILES string of the molecule is O=CC(F)(F)Oc1ccc(OC(F)(F)F)cc1. The normalized spacial score (nSPS) is 12.1. The predicted molar refractivity (Wildman–Crippen MR) is 44.8 cm³/mol. The first-order valence-electron chi connectivity index (χ1n) is 4.11. The molecule has 3 nitrogen and oxygen atoms in total. The summed E-state index contributed by atoms with van der Waals surface area (Å²) in [5.74, 6) is -1.05. The Morgan fingerprint density at radius 2 is 1.29 bits per heavy atom. The Bertz CT molecular complexity index is 385. The Kier molecular flexibility index (Phi) is 3.54. The molecule has 1 aromatic carbocycles. The van der Waals surface area contributed by atoms with Gasteiger partial charge < -0.3 is 9.47 Å². The summed E-state index contributed by atoms with van der Waals surface area (Å²) < 4.78 is 67.5. The fourth-order valence-corrected chi connectivity index (χ4v) is 0.891. The van der Waals surface area contributed by atoms with Gasteiger partial charge in [0.2, 0.25) is 6.29 Å². The molecule has 0 bridgehead atoms. The quantitative estimate of drug-likeness (QED) is 0.613. The third-order valence-electron chi connectivity index (χ3n) is 1.45. The lowest BCUT2D eigenvalue weighted by atomic mass is 10.3. The van der Waals surface area contributed by atoms with Crippen molar-refractivity contribution in [2.45, 2.75) is 12.5 Å². The van der Waals surface area contributed by atoms with Crippen molar-refractivity contribution in [2.24, 2.45) is 0 Å². The van der Waals surface area contributed by atoms with Crippen molar-refractivity contribution >= 4 is 6.29 Å².